The molecule has 2 aromatic heterocycles. The van der Waals surface area contributed by atoms with E-state index in [-0.39, 0.29) is 29.7 Å². The number of hydrogen-bond acceptors (Lipinski definition) is 7. The second kappa shape index (κ2) is 13.4. The molecule has 2 aliphatic rings. The number of benzene rings is 1. The Morgan fingerprint density at radius 1 is 1.05 bits per heavy atom. The number of carbonyl (C=O) groups is 3. The van der Waals surface area contributed by atoms with Crippen LogP contribution in [0.15, 0.2) is 70.2 Å². The molecule has 5 rings (SSSR count). The predicted molar refractivity (Wildman–Crippen MR) is 161 cm³/mol. The Morgan fingerprint density at radius 2 is 1.79 bits per heavy atom. The van der Waals surface area contributed by atoms with Crippen LogP contribution in [-0.2, 0) is 19.6 Å². The number of aromatic nitrogens is 1. The van der Waals surface area contributed by atoms with Crippen LogP contribution in [0.2, 0.25) is 5.02 Å². The SMILES string of the molecule is C[C@@H]1CC[C@H](NC(=O)[C@H](CC2CCCC2)NC(=O)c2ccc(-c3ccccc3Cl)o2)C(=O)CN1S(=O)(=O)c1ccccn1. The highest BCUT2D eigenvalue weighted by atomic mass is 35.5. The van der Waals surface area contributed by atoms with Gasteiger partial charge in [-0.1, -0.05) is 55.5 Å². The van der Waals surface area contributed by atoms with E-state index in [4.69, 9.17) is 16.0 Å². The van der Waals surface area contributed by atoms with Gasteiger partial charge in [0.1, 0.15) is 11.8 Å². The maximum atomic E-state index is 13.6. The van der Waals surface area contributed by atoms with Crippen LogP contribution in [0.4, 0.5) is 0 Å². The zero-order chi connectivity index (χ0) is 30.6. The van der Waals surface area contributed by atoms with E-state index >= 15 is 0 Å². The quantitative estimate of drug-likeness (QED) is 0.354. The van der Waals surface area contributed by atoms with Gasteiger partial charge in [-0.15, -0.1) is 0 Å². The summed E-state index contributed by atoms with van der Waals surface area (Å²) in [5.41, 5.74) is 0.642. The molecule has 0 bridgehead atoms. The number of sulfonamides is 1. The molecule has 10 nitrogen and oxygen atoms in total. The monoisotopic (exact) mass is 626 g/mol. The first kappa shape index (κ1) is 30.9. The standard InChI is InChI=1S/C31H35ClN4O6S/c1-20-13-14-24(26(37)19-36(20)43(40,41)29-12-6-7-17-33-29)34-30(38)25(18-21-8-2-3-9-21)35-31(39)28-16-15-27(42-28)22-10-4-5-11-23(22)32/h4-7,10-12,15-17,20-21,24-25H,2-3,8-9,13-14,18-19H2,1H3,(H,34,38)(H,35,39)/t20-,24+,25+/m1/s1. The normalized spacial score (nSPS) is 20.8. The third-order valence-corrected chi connectivity index (χ3v) is 10.4. The van der Waals surface area contributed by atoms with Crippen LogP contribution in [0.25, 0.3) is 11.3 Å². The smallest absolute Gasteiger partial charge is 0.287 e. The van der Waals surface area contributed by atoms with Gasteiger partial charge < -0.3 is 15.1 Å². The zero-order valence-electron chi connectivity index (χ0n) is 23.9. The highest BCUT2D eigenvalue weighted by molar-refractivity contribution is 7.89. The van der Waals surface area contributed by atoms with Crippen molar-refractivity contribution in [1.29, 1.82) is 0 Å². The van der Waals surface area contributed by atoms with Gasteiger partial charge in [-0.2, -0.15) is 4.31 Å². The molecule has 43 heavy (non-hydrogen) atoms. The van der Waals surface area contributed by atoms with E-state index < -0.39 is 45.7 Å². The molecule has 12 heteroatoms. The van der Waals surface area contributed by atoms with E-state index in [2.05, 4.69) is 15.6 Å². The van der Waals surface area contributed by atoms with Gasteiger partial charge in [0.2, 0.25) is 5.91 Å². The number of nitrogens with zero attached hydrogens (tertiary/aromatic N) is 2. The molecule has 1 aliphatic heterocycles. The number of ketones is 1. The first-order valence-electron chi connectivity index (χ1n) is 14.5. The molecule has 1 saturated carbocycles. The first-order chi connectivity index (χ1) is 20.6. The molecule has 2 amide bonds. The predicted octanol–water partition coefficient (Wildman–Crippen LogP) is 4.60. The summed E-state index contributed by atoms with van der Waals surface area (Å²) in [6.45, 7) is 1.35. The van der Waals surface area contributed by atoms with Crippen molar-refractivity contribution in [2.24, 2.45) is 5.92 Å². The molecule has 228 valence electrons. The molecule has 0 spiro atoms. The summed E-state index contributed by atoms with van der Waals surface area (Å²) in [5.74, 6) is -0.728. The van der Waals surface area contributed by atoms with Crippen LogP contribution < -0.4 is 10.6 Å². The van der Waals surface area contributed by atoms with Crippen molar-refractivity contribution in [1.82, 2.24) is 19.9 Å². The molecule has 1 saturated heterocycles. The number of rotatable bonds is 9. The average Bonchev–Trinajstić information content (AvgIpc) is 3.68. The summed E-state index contributed by atoms with van der Waals surface area (Å²) in [6.07, 6.45) is 6.47. The first-order valence-corrected chi connectivity index (χ1v) is 16.4. The van der Waals surface area contributed by atoms with Gasteiger partial charge in [-0.3, -0.25) is 14.4 Å². The van der Waals surface area contributed by atoms with Gasteiger partial charge in [0.15, 0.2) is 16.6 Å². The Bertz CT molecular complexity index is 1570. The van der Waals surface area contributed by atoms with E-state index in [1.54, 1.807) is 43.3 Å². The molecule has 0 radical (unpaired) electrons. The molecule has 0 unspecified atom stereocenters. The second-order valence-electron chi connectivity index (χ2n) is 11.2. The Hall–Kier alpha value is -3.54. The molecule has 3 aromatic rings. The third kappa shape index (κ3) is 7.17. The lowest BCUT2D eigenvalue weighted by atomic mass is 9.97. The van der Waals surface area contributed by atoms with E-state index in [1.165, 1.54) is 18.3 Å². The Balaban J connectivity index is 1.29. The van der Waals surface area contributed by atoms with Gasteiger partial charge in [0.05, 0.1) is 17.6 Å². The molecular weight excluding hydrogens is 592 g/mol. The van der Waals surface area contributed by atoms with Crippen molar-refractivity contribution in [3.05, 3.63) is 71.6 Å². The minimum absolute atomic E-state index is 0.0360. The largest absolute Gasteiger partial charge is 0.451 e. The lowest BCUT2D eigenvalue weighted by Crippen LogP contribution is -2.52. The van der Waals surface area contributed by atoms with E-state index in [0.29, 0.717) is 29.2 Å². The number of hydrogen-bond donors (Lipinski definition) is 2. The summed E-state index contributed by atoms with van der Waals surface area (Å²) in [5, 5.41) is 5.99. The topological polar surface area (TPSA) is 139 Å². The van der Waals surface area contributed by atoms with Crippen molar-refractivity contribution in [3.63, 3.8) is 0 Å². The maximum absolute atomic E-state index is 13.6. The van der Waals surface area contributed by atoms with Gasteiger partial charge >= 0.3 is 0 Å². The fourth-order valence-electron chi connectivity index (χ4n) is 5.81. The van der Waals surface area contributed by atoms with Crippen LogP contribution in [0, 0.1) is 5.92 Å². The van der Waals surface area contributed by atoms with Crippen LogP contribution in [0.3, 0.4) is 0 Å². The Kier molecular flexibility index (Phi) is 9.63. The van der Waals surface area contributed by atoms with Crippen LogP contribution in [0.5, 0.6) is 0 Å². The highest BCUT2D eigenvalue weighted by Crippen LogP contribution is 2.31. The fraction of sp³-hybridized carbons (Fsp3) is 0.419. The van der Waals surface area contributed by atoms with Gasteiger partial charge in [-0.05, 0) is 68.5 Å². The van der Waals surface area contributed by atoms with Crippen molar-refractivity contribution in [3.8, 4) is 11.3 Å². The lowest BCUT2D eigenvalue weighted by Gasteiger charge is -2.25. The summed E-state index contributed by atoms with van der Waals surface area (Å²) >= 11 is 6.28. The molecule has 3 atom stereocenters. The van der Waals surface area contributed by atoms with Crippen molar-refractivity contribution >= 4 is 39.2 Å². The zero-order valence-corrected chi connectivity index (χ0v) is 25.4. The van der Waals surface area contributed by atoms with Crippen LogP contribution in [-0.4, -0.2) is 60.0 Å². The number of nitrogens with one attached hydrogen (secondary N) is 2. The van der Waals surface area contributed by atoms with Gasteiger partial charge in [0, 0.05) is 17.8 Å². The van der Waals surface area contributed by atoms with Crippen LogP contribution >= 0.6 is 11.6 Å². The van der Waals surface area contributed by atoms with Gasteiger partial charge in [0.25, 0.3) is 15.9 Å². The minimum atomic E-state index is -4.01. The number of pyridine rings is 1. The molecule has 3 heterocycles. The second-order valence-corrected chi connectivity index (χ2v) is 13.5. The average molecular weight is 627 g/mol. The van der Waals surface area contributed by atoms with Crippen molar-refractivity contribution < 1.29 is 27.2 Å². The molecule has 1 aromatic carbocycles. The fourth-order valence-corrected chi connectivity index (χ4v) is 7.60. The highest BCUT2D eigenvalue weighted by Gasteiger charge is 2.38. The Morgan fingerprint density at radius 3 is 2.51 bits per heavy atom. The van der Waals surface area contributed by atoms with Crippen LogP contribution in [0.1, 0.15) is 62.4 Å². The van der Waals surface area contributed by atoms with Crippen molar-refractivity contribution in [2.75, 3.05) is 6.54 Å². The number of amides is 2. The third-order valence-electron chi connectivity index (χ3n) is 8.23. The summed E-state index contributed by atoms with van der Waals surface area (Å²) in [7, 11) is -4.01. The molecular formula is C31H35ClN4O6S. The van der Waals surface area contributed by atoms with Gasteiger partial charge in [-0.25, -0.2) is 13.4 Å². The van der Waals surface area contributed by atoms with E-state index in [9.17, 15) is 22.8 Å². The van der Waals surface area contributed by atoms with Crippen molar-refractivity contribution in [2.45, 2.75) is 75.0 Å². The van der Waals surface area contributed by atoms with E-state index in [0.717, 1.165) is 30.0 Å². The summed E-state index contributed by atoms with van der Waals surface area (Å²) < 4.78 is 33.4. The lowest BCUT2D eigenvalue weighted by molar-refractivity contribution is -0.129. The Labute approximate surface area is 256 Å². The number of Topliss-reactive ketones (excluding diaryl/α,β-unsaturated/α-hetero) is 1. The number of furan rings is 1. The summed E-state index contributed by atoms with van der Waals surface area (Å²) in [4.78, 5) is 44.1. The number of halogens is 1. The summed E-state index contributed by atoms with van der Waals surface area (Å²) in [6, 6.07) is 12.6. The molecule has 1 aliphatic carbocycles. The van der Waals surface area contributed by atoms with E-state index in [1.807, 2.05) is 6.07 Å². The minimum Gasteiger partial charge on any atom is -0.451 e. The maximum Gasteiger partial charge on any atom is 0.287 e. The number of carbonyl (C=O) groups excluding carboxylic acids is 3. The molecule has 2 N–H and O–H groups in total. The molecule has 2 fully saturated rings.